The maximum atomic E-state index is 11.8. The number of carbonyl (C=O) groups is 1. The Bertz CT molecular complexity index is 343. The van der Waals surface area contributed by atoms with Gasteiger partial charge in [0.05, 0.1) is 6.04 Å². The summed E-state index contributed by atoms with van der Waals surface area (Å²) in [5.41, 5.74) is 5.86. The predicted molar refractivity (Wildman–Crippen MR) is 69.8 cm³/mol. The first-order valence-corrected chi connectivity index (χ1v) is 6.70. The molecule has 1 aromatic rings. The van der Waals surface area contributed by atoms with Crippen molar-refractivity contribution in [3.05, 3.63) is 21.9 Å². The van der Waals surface area contributed by atoms with Crippen LogP contribution in [0.25, 0.3) is 0 Å². The van der Waals surface area contributed by atoms with Gasteiger partial charge < -0.3 is 5.73 Å². The number of carbonyl (C=O) groups excluding carboxylic acids is 1. The lowest BCUT2D eigenvalue weighted by Crippen LogP contribution is -2.32. The molecule has 0 saturated carbocycles. The summed E-state index contributed by atoms with van der Waals surface area (Å²) in [6.07, 6.45) is 2.32. The number of hydrogen-bond donors (Lipinski definition) is 1. The summed E-state index contributed by atoms with van der Waals surface area (Å²) in [6.45, 7) is 6.31. The monoisotopic (exact) mass is 239 g/mol. The molecule has 0 saturated heterocycles. The first-order valence-electron chi connectivity index (χ1n) is 5.88. The second-order valence-corrected chi connectivity index (χ2v) is 5.85. The lowest BCUT2D eigenvalue weighted by molar-refractivity contribution is -0.119. The third kappa shape index (κ3) is 4.06. The van der Waals surface area contributed by atoms with Crippen LogP contribution in [-0.4, -0.2) is 11.8 Å². The van der Waals surface area contributed by atoms with Crippen molar-refractivity contribution in [3.8, 4) is 0 Å². The second-order valence-electron chi connectivity index (χ2n) is 4.60. The van der Waals surface area contributed by atoms with Crippen LogP contribution in [0, 0.1) is 5.92 Å². The van der Waals surface area contributed by atoms with Gasteiger partial charge in [0.15, 0.2) is 5.78 Å². The number of nitrogens with two attached hydrogens (primary N) is 1. The zero-order chi connectivity index (χ0) is 12.1. The fourth-order valence-corrected chi connectivity index (χ4v) is 2.62. The first-order chi connectivity index (χ1) is 7.52. The van der Waals surface area contributed by atoms with E-state index < -0.39 is 0 Å². The molecule has 0 radical (unpaired) electrons. The molecule has 0 aliphatic heterocycles. The third-order valence-corrected chi connectivity index (χ3v) is 3.78. The van der Waals surface area contributed by atoms with Gasteiger partial charge in [-0.05, 0) is 30.9 Å². The number of rotatable bonds is 6. The lowest BCUT2D eigenvalue weighted by Gasteiger charge is -2.11. The molecule has 90 valence electrons. The number of hydrogen-bond acceptors (Lipinski definition) is 3. The van der Waals surface area contributed by atoms with Crippen LogP contribution in [0.5, 0.6) is 0 Å². The van der Waals surface area contributed by atoms with Crippen molar-refractivity contribution in [3.63, 3.8) is 0 Å². The highest BCUT2D eigenvalue weighted by atomic mass is 32.1. The highest BCUT2D eigenvalue weighted by Gasteiger charge is 2.16. The van der Waals surface area contributed by atoms with Crippen molar-refractivity contribution in [1.82, 2.24) is 0 Å². The van der Waals surface area contributed by atoms with E-state index >= 15 is 0 Å². The molecule has 3 heteroatoms. The second kappa shape index (κ2) is 6.16. The number of Topliss-reactive ketones (excluding diaryl/α,β-unsaturated/α-hetero) is 1. The van der Waals surface area contributed by atoms with Crippen LogP contribution in [0.3, 0.4) is 0 Å². The maximum absolute atomic E-state index is 11.8. The van der Waals surface area contributed by atoms with E-state index in [1.165, 1.54) is 4.88 Å². The molecule has 0 amide bonds. The summed E-state index contributed by atoms with van der Waals surface area (Å²) in [5, 5.41) is 0. The molecule has 1 aromatic heterocycles. The zero-order valence-corrected chi connectivity index (χ0v) is 11.1. The average Bonchev–Trinajstić information content (AvgIpc) is 2.64. The van der Waals surface area contributed by atoms with E-state index in [1.807, 2.05) is 6.07 Å². The Morgan fingerprint density at radius 1 is 1.38 bits per heavy atom. The van der Waals surface area contributed by atoms with Crippen LogP contribution in [0.1, 0.15) is 36.9 Å². The normalized spacial score (nSPS) is 13.1. The highest BCUT2D eigenvalue weighted by Crippen LogP contribution is 2.18. The maximum Gasteiger partial charge on any atom is 0.154 e. The van der Waals surface area contributed by atoms with Crippen molar-refractivity contribution in [2.75, 3.05) is 0 Å². The molecule has 1 heterocycles. The van der Waals surface area contributed by atoms with Crippen LogP contribution >= 0.6 is 11.3 Å². The van der Waals surface area contributed by atoms with E-state index in [4.69, 9.17) is 5.73 Å². The summed E-state index contributed by atoms with van der Waals surface area (Å²) in [7, 11) is 0. The number of ketones is 1. The van der Waals surface area contributed by atoms with Gasteiger partial charge in [0.1, 0.15) is 0 Å². The summed E-state index contributed by atoms with van der Waals surface area (Å²) >= 11 is 1.72. The van der Waals surface area contributed by atoms with Gasteiger partial charge >= 0.3 is 0 Å². The van der Waals surface area contributed by atoms with E-state index in [1.54, 1.807) is 11.3 Å². The van der Waals surface area contributed by atoms with Gasteiger partial charge in [-0.3, -0.25) is 4.79 Å². The lowest BCUT2D eigenvalue weighted by atomic mass is 9.99. The minimum Gasteiger partial charge on any atom is -0.321 e. The Kier molecular flexibility index (Phi) is 5.16. The number of thiophene rings is 1. The van der Waals surface area contributed by atoms with Crippen molar-refractivity contribution >= 4 is 17.1 Å². The molecule has 0 bridgehead atoms. The van der Waals surface area contributed by atoms with Crippen molar-refractivity contribution in [2.24, 2.45) is 11.7 Å². The van der Waals surface area contributed by atoms with Crippen LogP contribution in [0.15, 0.2) is 12.1 Å². The van der Waals surface area contributed by atoms with Crippen molar-refractivity contribution < 1.29 is 4.79 Å². The van der Waals surface area contributed by atoms with Gasteiger partial charge in [-0.15, -0.1) is 11.3 Å². The molecule has 0 aromatic carbocycles. The quantitative estimate of drug-likeness (QED) is 0.829. The fourth-order valence-electron chi connectivity index (χ4n) is 1.65. The minimum absolute atomic E-state index is 0.165. The predicted octanol–water partition coefficient (Wildman–Crippen LogP) is 2.80. The summed E-state index contributed by atoms with van der Waals surface area (Å²) in [4.78, 5) is 14.3. The van der Waals surface area contributed by atoms with Crippen LogP contribution in [0.4, 0.5) is 0 Å². The summed E-state index contributed by atoms with van der Waals surface area (Å²) in [5.74, 6) is 0.645. The highest BCUT2D eigenvalue weighted by molar-refractivity contribution is 7.12. The minimum atomic E-state index is -0.299. The molecule has 0 aliphatic carbocycles. The van der Waals surface area contributed by atoms with E-state index in [0.29, 0.717) is 12.3 Å². The first kappa shape index (κ1) is 13.4. The molecule has 1 rings (SSSR count). The Labute approximate surface area is 102 Å². The number of aryl methyl sites for hydroxylation is 1. The molecule has 16 heavy (non-hydrogen) atoms. The smallest absolute Gasteiger partial charge is 0.154 e. The van der Waals surface area contributed by atoms with Crippen LogP contribution in [-0.2, 0) is 17.6 Å². The SMILES string of the molecule is CCc1ccc(CC(=O)C(N)CC(C)C)s1. The molecule has 2 N–H and O–H groups in total. The molecule has 0 spiro atoms. The van der Waals surface area contributed by atoms with Gasteiger partial charge in [0, 0.05) is 16.2 Å². The Morgan fingerprint density at radius 3 is 2.50 bits per heavy atom. The van der Waals surface area contributed by atoms with E-state index in [-0.39, 0.29) is 11.8 Å². The van der Waals surface area contributed by atoms with Gasteiger partial charge in [0.2, 0.25) is 0 Å². The van der Waals surface area contributed by atoms with Crippen LogP contribution in [0.2, 0.25) is 0 Å². The summed E-state index contributed by atoms with van der Waals surface area (Å²) in [6, 6.07) is 3.84. The van der Waals surface area contributed by atoms with Gasteiger partial charge in [-0.2, -0.15) is 0 Å². The largest absolute Gasteiger partial charge is 0.321 e. The average molecular weight is 239 g/mol. The molecule has 1 unspecified atom stereocenters. The topological polar surface area (TPSA) is 43.1 Å². The molecular formula is C13H21NOS. The van der Waals surface area contributed by atoms with Gasteiger partial charge in [-0.25, -0.2) is 0 Å². The van der Waals surface area contributed by atoms with Crippen molar-refractivity contribution in [2.45, 2.75) is 46.1 Å². The molecule has 2 nitrogen and oxygen atoms in total. The molecular weight excluding hydrogens is 218 g/mol. The fraction of sp³-hybridized carbons (Fsp3) is 0.615. The molecule has 1 atom stereocenters. The molecule has 0 fully saturated rings. The van der Waals surface area contributed by atoms with Crippen molar-refractivity contribution in [1.29, 1.82) is 0 Å². The zero-order valence-electron chi connectivity index (χ0n) is 10.3. The summed E-state index contributed by atoms with van der Waals surface area (Å²) < 4.78 is 0. The van der Waals surface area contributed by atoms with Gasteiger partial charge in [-0.1, -0.05) is 20.8 Å². The third-order valence-electron chi connectivity index (χ3n) is 2.55. The van der Waals surface area contributed by atoms with E-state index in [2.05, 4.69) is 26.8 Å². The molecule has 0 aliphatic rings. The standard InChI is InChI=1S/C13H21NOS/c1-4-10-5-6-11(16-10)8-13(15)12(14)7-9(2)3/h5-6,9,12H,4,7-8,14H2,1-3H3. The Morgan fingerprint density at radius 2 is 2.00 bits per heavy atom. The van der Waals surface area contributed by atoms with E-state index in [0.717, 1.165) is 17.7 Å². The van der Waals surface area contributed by atoms with E-state index in [9.17, 15) is 4.79 Å². The van der Waals surface area contributed by atoms with Crippen LogP contribution < -0.4 is 5.73 Å². The van der Waals surface area contributed by atoms with Gasteiger partial charge in [0.25, 0.3) is 0 Å². The Hall–Kier alpha value is -0.670. The Balaban J connectivity index is 2.50.